The molecule has 24 heavy (non-hydrogen) atoms. The van der Waals surface area contributed by atoms with Gasteiger partial charge in [0, 0.05) is 12.4 Å². The molecule has 1 N–H and O–H groups in total. The third kappa shape index (κ3) is 3.48. The van der Waals surface area contributed by atoms with Gasteiger partial charge in [0.05, 0.1) is 18.0 Å². The van der Waals surface area contributed by atoms with Gasteiger partial charge in [0.15, 0.2) is 0 Å². The number of anilines is 1. The smallest absolute Gasteiger partial charge is 0.253 e. The van der Waals surface area contributed by atoms with Crippen molar-refractivity contribution in [1.29, 1.82) is 0 Å². The number of methoxy groups -OCH3 is 1. The highest BCUT2D eigenvalue weighted by molar-refractivity contribution is 8.00. The van der Waals surface area contributed by atoms with Crippen molar-refractivity contribution in [3.63, 3.8) is 0 Å². The Hall–Kier alpha value is -2.61. The molecule has 0 saturated heterocycles. The van der Waals surface area contributed by atoms with Gasteiger partial charge in [-0.25, -0.2) is 9.50 Å². The largest absolute Gasteiger partial charge is 0.495 e. The topological polar surface area (TPSA) is 81.4 Å². The molecule has 1 amide bonds. The van der Waals surface area contributed by atoms with Gasteiger partial charge in [0.1, 0.15) is 5.75 Å². The predicted octanol–water partition coefficient (Wildman–Crippen LogP) is 2.56. The van der Waals surface area contributed by atoms with Crippen LogP contribution in [-0.4, -0.2) is 37.8 Å². The minimum atomic E-state index is -0.368. The van der Waals surface area contributed by atoms with Crippen LogP contribution in [0.5, 0.6) is 5.75 Å². The summed E-state index contributed by atoms with van der Waals surface area (Å²) in [5.41, 5.74) is 1.69. The maximum absolute atomic E-state index is 12.4. The van der Waals surface area contributed by atoms with Gasteiger partial charge in [0.25, 0.3) is 5.78 Å². The summed E-state index contributed by atoms with van der Waals surface area (Å²) in [6, 6.07) is 7.41. The molecule has 1 atom stereocenters. The van der Waals surface area contributed by atoms with Gasteiger partial charge >= 0.3 is 0 Å². The van der Waals surface area contributed by atoms with E-state index in [2.05, 4.69) is 20.4 Å². The number of hydrogen-bond acceptors (Lipinski definition) is 6. The van der Waals surface area contributed by atoms with Crippen molar-refractivity contribution in [2.24, 2.45) is 0 Å². The van der Waals surface area contributed by atoms with Crippen LogP contribution >= 0.6 is 11.8 Å². The first-order chi connectivity index (χ1) is 11.6. The van der Waals surface area contributed by atoms with Gasteiger partial charge in [-0.05, 0) is 37.6 Å². The molecule has 2 aromatic heterocycles. The lowest BCUT2D eigenvalue weighted by Gasteiger charge is -2.13. The van der Waals surface area contributed by atoms with Crippen LogP contribution in [0.4, 0.5) is 5.69 Å². The predicted molar refractivity (Wildman–Crippen MR) is 92.5 cm³/mol. The summed E-state index contributed by atoms with van der Waals surface area (Å²) in [5.74, 6) is 0.991. The van der Waals surface area contributed by atoms with Crippen molar-refractivity contribution in [3.05, 3.63) is 42.2 Å². The molecule has 0 aliphatic carbocycles. The Kier molecular flexibility index (Phi) is 4.66. The number of amides is 1. The molecule has 0 spiro atoms. The molecule has 0 fully saturated rings. The quantitative estimate of drug-likeness (QED) is 0.717. The monoisotopic (exact) mass is 343 g/mol. The summed E-state index contributed by atoms with van der Waals surface area (Å²) in [5, 5.41) is 7.32. The Balaban J connectivity index is 1.71. The molecule has 1 aromatic carbocycles. The van der Waals surface area contributed by atoms with Gasteiger partial charge in [-0.15, -0.1) is 5.10 Å². The van der Waals surface area contributed by atoms with Gasteiger partial charge in [0.2, 0.25) is 11.1 Å². The van der Waals surface area contributed by atoms with E-state index in [4.69, 9.17) is 4.74 Å². The number of benzene rings is 1. The maximum Gasteiger partial charge on any atom is 0.253 e. The van der Waals surface area contributed by atoms with E-state index in [9.17, 15) is 4.79 Å². The number of carbonyl (C=O) groups excluding carboxylic acids is 1. The van der Waals surface area contributed by atoms with E-state index in [0.717, 1.165) is 5.56 Å². The molecule has 1 unspecified atom stereocenters. The van der Waals surface area contributed by atoms with E-state index < -0.39 is 0 Å². The van der Waals surface area contributed by atoms with E-state index in [1.165, 1.54) is 11.8 Å². The van der Waals surface area contributed by atoms with Gasteiger partial charge in [-0.2, -0.15) is 4.98 Å². The number of ether oxygens (including phenoxy) is 1. The van der Waals surface area contributed by atoms with Gasteiger partial charge in [-0.1, -0.05) is 17.8 Å². The Morgan fingerprint density at radius 2 is 2.25 bits per heavy atom. The number of aryl methyl sites for hydroxylation is 1. The molecule has 0 radical (unpaired) electrons. The van der Waals surface area contributed by atoms with Crippen molar-refractivity contribution >= 4 is 29.1 Å². The first kappa shape index (κ1) is 16.3. The number of nitrogens with one attached hydrogen (secondary N) is 1. The fraction of sp³-hybridized carbons (Fsp3) is 0.250. The lowest BCUT2D eigenvalue weighted by atomic mass is 10.2. The van der Waals surface area contributed by atoms with Gasteiger partial charge < -0.3 is 10.1 Å². The first-order valence-corrected chi connectivity index (χ1v) is 8.24. The summed E-state index contributed by atoms with van der Waals surface area (Å²) in [6.07, 6.45) is 3.42. The van der Waals surface area contributed by atoms with E-state index in [1.807, 2.05) is 25.1 Å². The van der Waals surface area contributed by atoms with E-state index in [-0.39, 0.29) is 11.2 Å². The highest BCUT2D eigenvalue weighted by atomic mass is 32.2. The summed E-state index contributed by atoms with van der Waals surface area (Å²) < 4.78 is 6.86. The van der Waals surface area contributed by atoms with Crippen LogP contribution in [0.3, 0.4) is 0 Å². The lowest BCUT2D eigenvalue weighted by molar-refractivity contribution is -0.115. The number of aromatic nitrogens is 4. The molecule has 0 saturated carbocycles. The molecular formula is C16H17N5O2S. The second-order valence-electron chi connectivity index (χ2n) is 5.21. The first-order valence-electron chi connectivity index (χ1n) is 7.36. The number of thioether (sulfide) groups is 1. The molecule has 0 bridgehead atoms. The second kappa shape index (κ2) is 6.88. The molecule has 3 rings (SSSR count). The lowest BCUT2D eigenvalue weighted by Crippen LogP contribution is -2.22. The minimum absolute atomic E-state index is 0.143. The van der Waals surface area contributed by atoms with Crippen molar-refractivity contribution in [1.82, 2.24) is 19.6 Å². The van der Waals surface area contributed by atoms with Crippen LogP contribution in [0.2, 0.25) is 0 Å². The SMILES string of the molecule is COc1ccc(C)cc1NC(=O)C(C)Sc1nc2ncccn2n1. The van der Waals surface area contributed by atoms with E-state index in [1.54, 1.807) is 37.0 Å². The van der Waals surface area contributed by atoms with E-state index in [0.29, 0.717) is 22.4 Å². The second-order valence-corrected chi connectivity index (χ2v) is 6.52. The Bertz CT molecular complexity index is 847. The molecule has 0 aliphatic rings. The van der Waals surface area contributed by atoms with Crippen molar-refractivity contribution < 1.29 is 9.53 Å². The molecule has 124 valence electrons. The van der Waals surface area contributed by atoms with Crippen molar-refractivity contribution in [2.45, 2.75) is 24.3 Å². The Labute approximate surface area is 143 Å². The third-order valence-corrected chi connectivity index (χ3v) is 4.31. The van der Waals surface area contributed by atoms with Gasteiger partial charge in [-0.3, -0.25) is 4.79 Å². The Morgan fingerprint density at radius 3 is 3.00 bits per heavy atom. The van der Waals surface area contributed by atoms with Crippen molar-refractivity contribution in [2.75, 3.05) is 12.4 Å². The average molecular weight is 343 g/mol. The number of nitrogens with zero attached hydrogens (tertiary/aromatic N) is 4. The molecule has 3 aromatic rings. The zero-order chi connectivity index (χ0) is 17.1. The molecule has 2 heterocycles. The van der Waals surface area contributed by atoms with Crippen molar-refractivity contribution in [3.8, 4) is 5.75 Å². The average Bonchev–Trinajstić information content (AvgIpc) is 2.97. The summed E-state index contributed by atoms with van der Waals surface area (Å²) in [7, 11) is 1.58. The number of rotatable bonds is 5. The van der Waals surface area contributed by atoms with Crippen LogP contribution < -0.4 is 10.1 Å². The van der Waals surface area contributed by atoms with Crippen LogP contribution in [0.15, 0.2) is 41.8 Å². The number of fused-ring (bicyclic) bond motifs is 1. The zero-order valence-electron chi connectivity index (χ0n) is 13.6. The molecule has 7 nitrogen and oxygen atoms in total. The fourth-order valence-corrected chi connectivity index (χ4v) is 2.88. The highest BCUT2D eigenvalue weighted by Crippen LogP contribution is 2.27. The third-order valence-electron chi connectivity index (χ3n) is 3.36. The zero-order valence-corrected chi connectivity index (χ0v) is 14.4. The van der Waals surface area contributed by atoms with E-state index >= 15 is 0 Å². The van der Waals surface area contributed by atoms with Crippen LogP contribution in [0.1, 0.15) is 12.5 Å². The normalized spacial score (nSPS) is 12.1. The minimum Gasteiger partial charge on any atom is -0.495 e. The van der Waals surface area contributed by atoms with Crippen LogP contribution in [0.25, 0.3) is 5.78 Å². The molecule has 0 aliphatic heterocycles. The standard InChI is InChI=1S/C16H17N5O2S/c1-10-5-6-13(23-3)12(9-10)18-14(22)11(2)24-16-19-15-17-7-4-8-21(15)20-16/h4-9,11H,1-3H3,(H,18,22). The fourth-order valence-electron chi connectivity index (χ4n) is 2.13. The Morgan fingerprint density at radius 1 is 1.42 bits per heavy atom. The highest BCUT2D eigenvalue weighted by Gasteiger charge is 2.19. The summed E-state index contributed by atoms with van der Waals surface area (Å²) >= 11 is 1.28. The number of hydrogen-bond donors (Lipinski definition) is 1. The molecular weight excluding hydrogens is 326 g/mol. The summed E-state index contributed by atoms with van der Waals surface area (Å²) in [4.78, 5) is 20.8. The molecule has 8 heteroatoms. The maximum atomic E-state index is 12.4. The number of carbonyl (C=O) groups is 1. The van der Waals surface area contributed by atoms with Crippen LogP contribution in [0, 0.1) is 6.92 Å². The summed E-state index contributed by atoms with van der Waals surface area (Å²) in [6.45, 7) is 3.77. The van der Waals surface area contributed by atoms with Crippen LogP contribution in [-0.2, 0) is 4.79 Å².